The van der Waals surface area contributed by atoms with Crippen LogP contribution in [0, 0.1) is 6.92 Å². The number of benzene rings is 1. The number of nitrogens with zero attached hydrogens (tertiary/aromatic N) is 3. The van der Waals surface area contributed by atoms with Crippen molar-refractivity contribution in [2.45, 2.75) is 26.6 Å². The first kappa shape index (κ1) is 20.4. The van der Waals surface area contributed by atoms with Crippen LogP contribution in [0.3, 0.4) is 0 Å². The van der Waals surface area contributed by atoms with Crippen molar-refractivity contribution in [3.8, 4) is 0 Å². The minimum atomic E-state index is 0. The lowest BCUT2D eigenvalue weighted by molar-refractivity contribution is 0.793. The second-order valence-corrected chi connectivity index (χ2v) is 6.86. The van der Waals surface area contributed by atoms with Crippen LogP contribution in [0.15, 0.2) is 59.4 Å². The van der Waals surface area contributed by atoms with Gasteiger partial charge in [-0.25, -0.2) is 4.98 Å². The van der Waals surface area contributed by atoms with Crippen LogP contribution >= 0.6 is 35.3 Å². The highest BCUT2D eigenvalue weighted by molar-refractivity contribution is 14.0. The lowest BCUT2D eigenvalue weighted by Crippen LogP contribution is -2.36. The van der Waals surface area contributed by atoms with Gasteiger partial charge in [0.25, 0.3) is 0 Å². The largest absolute Gasteiger partial charge is 0.352 e. The van der Waals surface area contributed by atoms with Crippen molar-refractivity contribution in [1.82, 2.24) is 20.2 Å². The zero-order chi connectivity index (χ0) is 17.5. The van der Waals surface area contributed by atoms with E-state index in [0.29, 0.717) is 0 Å². The van der Waals surface area contributed by atoms with Gasteiger partial charge in [0.15, 0.2) is 5.96 Å². The number of thiophene rings is 1. The van der Waals surface area contributed by atoms with Gasteiger partial charge in [0, 0.05) is 37.4 Å². The Labute approximate surface area is 175 Å². The maximum atomic E-state index is 4.29. The van der Waals surface area contributed by atoms with Gasteiger partial charge in [0.2, 0.25) is 0 Å². The Bertz CT molecular complexity index is 809. The van der Waals surface area contributed by atoms with E-state index in [4.69, 9.17) is 0 Å². The molecule has 1 aromatic carbocycles. The van der Waals surface area contributed by atoms with Crippen LogP contribution in [-0.2, 0) is 19.6 Å². The molecule has 0 amide bonds. The van der Waals surface area contributed by atoms with E-state index < -0.39 is 0 Å². The van der Waals surface area contributed by atoms with E-state index in [1.807, 2.05) is 12.5 Å². The summed E-state index contributed by atoms with van der Waals surface area (Å²) in [6.45, 7) is 4.52. The summed E-state index contributed by atoms with van der Waals surface area (Å²) in [7, 11) is 1.80. The molecule has 0 aliphatic heterocycles. The Hall–Kier alpha value is -1.87. The summed E-state index contributed by atoms with van der Waals surface area (Å²) in [5.74, 6) is 0.815. The Kier molecular flexibility index (Phi) is 8.11. The predicted octanol–water partition coefficient (Wildman–Crippen LogP) is 3.78. The van der Waals surface area contributed by atoms with Gasteiger partial charge in [-0.15, -0.1) is 35.3 Å². The van der Waals surface area contributed by atoms with Gasteiger partial charge in [0.1, 0.15) is 0 Å². The summed E-state index contributed by atoms with van der Waals surface area (Å²) in [5.41, 5.74) is 3.81. The summed E-state index contributed by atoms with van der Waals surface area (Å²) >= 11 is 1.77. The summed E-state index contributed by atoms with van der Waals surface area (Å²) in [5, 5.41) is 8.84. The monoisotopic (exact) mass is 481 g/mol. The molecular formula is C19H24IN5S. The van der Waals surface area contributed by atoms with Crippen LogP contribution in [0.5, 0.6) is 0 Å². The van der Waals surface area contributed by atoms with Crippen molar-refractivity contribution in [3.63, 3.8) is 0 Å². The molecular weight excluding hydrogens is 457 g/mol. The topological polar surface area (TPSA) is 54.2 Å². The highest BCUT2D eigenvalue weighted by Crippen LogP contribution is 2.14. The number of rotatable bonds is 6. The first-order chi connectivity index (χ1) is 12.2. The first-order valence-electron chi connectivity index (χ1n) is 8.25. The molecule has 0 spiro atoms. The van der Waals surface area contributed by atoms with Crippen LogP contribution in [0.2, 0.25) is 0 Å². The van der Waals surface area contributed by atoms with Gasteiger partial charge in [-0.1, -0.05) is 24.3 Å². The van der Waals surface area contributed by atoms with Crippen LogP contribution in [0.25, 0.3) is 0 Å². The fraction of sp³-hybridized carbons (Fsp3) is 0.263. The molecule has 0 saturated heterocycles. The van der Waals surface area contributed by atoms with Crippen molar-refractivity contribution < 1.29 is 0 Å². The number of aromatic nitrogens is 2. The third kappa shape index (κ3) is 5.84. The molecule has 2 N–H and O–H groups in total. The summed E-state index contributed by atoms with van der Waals surface area (Å²) in [6.07, 6.45) is 5.61. The quantitative estimate of drug-likeness (QED) is 0.320. The summed E-state index contributed by atoms with van der Waals surface area (Å²) < 4.78 is 2.06. The number of aryl methyl sites for hydroxylation is 1. The standard InChI is InChI=1S/C19H23N5S.HI/c1-15-7-10-25-18(15)12-23-19(20-2)22-11-16-3-5-17(6-4-16)13-24-9-8-21-14-24;/h3-10,14H,11-13H2,1-2H3,(H2,20,22,23);1H. The zero-order valence-electron chi connectivity index (χ0n) is 15.0. The Morgan fingerprint density at radius 2 is 1.85 bits per heavy atom. The van der Waals surface area contributed by atoms with Crippen LogP contribution in [0.1, 0.15) is 21.6 Å². The number of imidazole rings is 1. The highest BCUT2D eigenvalue weighted by atomic mass is 127. The average Bonchev–Trinajstić information content (AvgIpc) is 3.28. The predicted molar refractivity (Wildman–Crippen MR) is 119 cm³/mol. The van der Waals surface area contributed by atoms with Crippen molar-refractivity contribution >= 4 is 41.3 Å². The molecule has 0 aliphatic rings. The summed E-state index contributed by atoms with van der Waals surface area (Å²) in [4.78, 5) is 9.70. The molecule has 7 heteroatoms. The SMILES string of the molecule is CN=C(NCc1ccc(Cn2ccnc2)cc1)NCc1sccc1C.I. The Morgan fingerprint density at radius 3 is 2.46 bits per heavy atom. The minimum absolute atomic E-state index is 0. The molecule has 138 valence electrons. The van der Waals surface area contributed by atoms with Gasteiger partial charge < -0.3 is 15.2 Å². The van der Waals surface area contributed by atoms with Crippen molar-refractivity contribution in [2.24, 2.45) is 4.99 Å². The highest BCUT2D eigenvalue weighted by Gasteiger charge is 2.03. The molecule has 0 radical (unpaired) electrons. The first-order valence-corrected chi connectivity index (χ1v) is 9.13. The number of aliphatic imine (C=N–C) groups is 1. The van der Waals surface area contributed by atoms with E-state index in [9.17, 15) is 0 Å². The van der Waals surface area contributed by atoms with Crippen LogP contribution in [-0.4, -0.2) is 22.6 Å². The van der Waals surface area contributed by atoms with Gasteiger partial charge in [0.05, 0.1) is 12.9 Å². The van der Waals surface area contributed by atoms with E-state index in [2.05, 4.69) is 67.8 Å². The van der Waals surface area contributed by atoms with Gasteiger partial charge in [-0.05, 0) is 35.1 Å². The van der Waals surface area contributed by atoms with E-state index in [0.717, 1.165) is 25.6 Å². The fourth-order valence-corrected chi connectivity index (χ4v) is 3.36. The molecule has 0 saturated carbocycles. The second kappa shape index (κ2) is 10.3. The molecule has 3 aromatic rings. The molecule has 0 aliphatic carbocycles. The van der Waals surface area contributed by atoms with Crippen LogP contribution < -0.4 is 10.6 Å². The third-order valence-corrected chi connectivity index (χ3v) is 5.04. The molecule has 0 unspecified atom stereocenters. The molecule has 3 rings (SSSR count). The molecule has 2 heterocycles. The molecule has 0 fully saturated rings. The normalized spacial score (nSPS) is 11.1. The second-order valence-electron chi connectivity index (χ2n) is 5.86. The Morgan fingerprint density at radius 1 is 1.12 bits per heavy atom. The van der Waals surface area contributed by atoms with Gasteiger partial charge >= 0.3 is 0 Å². The Balaban J connectivity index is 0.00000243. The van der Waals surface area contributed by atoms with Crippen LogP contribution in [0.4, 0.5) is 0 Å². The number of nitrogens with one attached hydrogen (secondary N) is 2. The lowest BCUT2D eigenvalue weighted by Gasteiger charge is -2.12. The molecule has 2 aromatic heterocycles. The molecule has 5 nitrogen and oxygen atoms in total. The maximum Gasteiger partial charge on any atom is 0.191 e. The smallest absolute Gasteiger partial charge is 0.191 e. The van der Waals surface area contributed by atoms with Gasteiger partial charge in [-0.3, -0.25) is 4.99 Å². The van der Waals surface area contributed by atoms with E-state index in [1.165, 1.54) is 21.6 Å². The van der Waals surface area contributed by atoms with E-state index in [-0.39, 0.29) is 24.0 Å². The van der Waals surface area contributed by atoms with E-state index in [1.54, 1.807) is 24.6 Å². The zero-order valence-corrected chi connectivity index (χ0v) is 18.1. The van der Waals surface area contributed by atoms with Crippen molar-refractivity contribution in [3.05, 3.63) is 76.0 Å². The number of guanidine groups is 1. The van der Waals surface area contributed by atoms with Crippen molar-refractivity contribution in [1.29, 1.82) is 0 Å². The molecule has 0 bridgehead atoms. The number of hydrogen-bond donors (Lipinski definition) is 2. The van der Waals surface area contributed by atoms with Gasteiger partial charge in [-0.2, -0.15) is 0 Å². The molecule has 0 atom stereocenters. The van der Waals surface area contributed by atoms with E-state index >= 15 is 0 Å². The number of halogens is 1. The van der Waals surface area contributed by atoms with Crippen molar-refractivity contribution in [2.75, 3.05) is 7.05 Å². The minimum Gasteiger partial charge on any atom is -0.352 e. The summed E-state index contributed by atoms with van der Waals surface area (Å²) in [6, 6.07) is 10.7. The number of hydrogen-bond acceptors (Lipinski definition) is 3. The fourth-order valence-electron chi connectivity index (χ4n) is 2.51. The molecule has 26 heavy (non-hydrogen) atoms. The lowest BCUT2D eigenvalue weighted by atomic mass is 10.1. The maximum absolute atomic E-state index is 4.29. The third-order valence-electron chi connectivity index (χ3n) is 4.02. The average molecular weight is 481 g/mol.